The van der Waals surface area contributed by atoms with Crippen LogP contribution in [0.25, 0.3) is 0 Å². The summed E-state index contributed by atoms with van der Waals surface area (Å²) in [7, 11) is 4.44. The molecule has 4 rings (SSSR count). The Hall–Kier alpha value is -2.35. The zero-order valence-corrected chi connectivity index (χ0v) is 16.7. The van der Waals surface area contributed by atoms with Gasteiger partial charge in [-0.05, 0) is 25.1 Å². The number of fused-ring (bicyclic) bond motifs is 2. The van der Waals surface area contributed by atoms with Crippen molar-refractivity contribution >= 4 is 23.4 Å². The lowest BCUT2D eigenvalue weighted by Crippen LogP contribution is -2.64. The first-order valence-electron chi connectivity index (χ1n) is 8.83. The number of nitriles is 1. The SMILES string of the molecule is COC(=O)CCC1=CC2C(C#N)CC1C(OC)(OC)[C@@H]2OC(=S)n1cncn1. The Morgan fingerprint density at radius 2 is 2.18 bits per heavy atom. The minimum atomic E-state index is -1.14. The summed E-state index contributed by atoms with van der Waals surface area (Å²) in [5, 5.41) is 13.7. The molecule has 1 aromatic heterocycles. The third-order valence-corrected chi connectivity index (χ3v) is 5.81. The van der Waals surface area contributed by atoms with Crippen molar-refractivity contribution in [1.82, 2.24) is 14.8 Å². The van der Waals surface area contributed by atoms with E-state index in [1.807, 2.05) is 6.08 Å². The van der Waals surface area contributed by atoms with Crippen LogP contribution in [0, 0.1) is 29.1 Å². The summed E-state index contributed by atoms with van der Waals surface area (Å²) >= 11 is 5.34. The Morgan fingerprint density at radius 1 is 1.43 bits per heavy atom. The molecule has 0 aromatic carbocycles. The maximum absolute atomic E-state index is 11.6. The van der Waals surface area contributed by atoms with Crippen molar-refractivity contribution in [2.24, 2.45) is 17.8 Å². The molecule has 0 amide bonds. The van der Waals surface area contributed by atoms with E-state index in [1.165, 1.54) is 24.4 Å². The number of hydrogen-bond donors (Lipinski definition) is 0. The Morgan fingerprint density at radius 3 is 2.75 bits per heavy atom. The van der Waals surface area contributed by atoms with Gasteiger partial charge >= 0.3 is 5.97 Å². The average molecular weight is 406 g/mol. The molecule has 1 heterocycles. The molecule has 3 aliphatic carbocycles. The van der Waals surface area contributed by atoms with E-state index >= 15 is 0 Å². The summed E-state index contributed by atoms with van der Waals surface area (Å²) in [5.41, 5.74) is 0.997. The second kappa shape index (κ2) is 8.34. The Labute approximate surface area is 168 Å². The van der Waals surface area contributed by atoms with Crippen LogP contribution in [0.1, 0.15) is 19.3 Å². The van der Waals surface area contributed by atoms with Crippen molar-refractivity contribution in [3.8, 4) is 6.07 Å². The predicted octanol–water partition coefficient (Wildman–Crippen LogP) is 1.45. The maximum Gasteiger partial charge on any atom is 0.305 e. The van der Waals surface area contributed by atoms with Gasteiger partial charge in [-0.25, -0.2) is 4.98 Å². The molecule has 10 heteroatoms. The van der Waals surface area contributed by atoms with Gasteiger partial charge in [-0.3, -0.25) is 4.79 Å². The highest BCUT2D eigenvalue weighted by Crippen LogP contribution is 2.53. The fraction of sp³-hybridized carbons (Fsp3) is 0.611. The predicted molar refractivity (Wildman–Crippen MR) is 99.7 cm³/mol. The molecular weight excluding hydrogens is 384 g/mol. The lowest BCUT2D eigenvalue weighted by Gasteiger charge is -2.54. The Bertz CT molecular complexity index is 799. The second-order valence-corrected chi connectivity index (χ2v) is 7.04. The summed E-state index contributed by atoms with van der Waals surface area (Å²) in [6.07, 6.45) is 5.43. The van der Waals surface area contributed by atoms with Crippen LogP contribution in [0.15, 0.2) is 24.3 Å². The van der Waals surface area contributed by atoms with E-state index in [1.54, 1.807) is 14.2 Å². The fourth-order valence-corrected chi connectivity index (χ4v) is 4.40. The standard InChI is InChI=1S/C18H22N4O5S/c1-24-15(23)5-4-11-6-13-12(8-19)7-14(11)18(25-2,26-3)16(13)27-17(28)22-10-20-9-21-22/h6,9-10,12-14,16H,4-5,7H2,1-3H3/t12?,13?,14?,16-/m1/s1. The molecule has 1 saturated carbocycles. The molecule has 0 aliphatic heterocycles. The molecule has 4 atom stereocenters. The zero-order valence-electron chi connectivity index (χ0n) is 15.9. The lowest BCUT2D eigenvalue weighted by molar-refractivity contribution is -0.306. The van der Waals surface area contributed by atoms with Crippen LogP contribution >= 0.6 is 12.2 Å². The molecule has 0 radical (unpaired) electrons. The van der Waals surface area contributed by atoms with Crippen LogP contribution in [-0.4, -0.2) is 59.1 Å². The van der Waals surface area contributed by atoms with Gasteiger partial charge in [0.05, 0.1) is 19.1 Å². The van der Waals surface area contributed by atoms with E-state index in [0.29, 0.717) is 12.8 Å². The fourth-order valence-electron chi connectivity index (χ4n) is 4.20. The summed E-state index contributed by atoms with van der Waals surface area (Å²) in [4.78, 5) is 15.5. The number of aromatic nitrogens is 3. The number of thiocarbonyl (C=S) groups is 1. The topological polar surface area (TPSA) is 108 Å². The first-order valence-corrected chi connectivity index (χ1v) is 9.24. The maximum atomic E-state index is 11.6. The van der Waals surface area contributed by atoms with Crippen LogP contribution in [0.4, 0.5) is 0 Å². The average Bonchev–Trinajstić information content (AvgIpc) is 3.27. The van der Waals surface area contributed by atoms with E-state index in [4.69, 9.17) is 31.2 Å². The van der Waals surface area contributed by atoms with Gasteiger partial charge in [0.25, 0.3) is 5.17 Å². The van der Waals surface area contributed by atoms with Crippen molar-refractivity contribution in [3.05, 3.63) is 24.3 Å². The molecule has 28 heavy (non-hydrogen) atoms. The number of methoxy groups -OCH3 is 3. The molecule has 1 fully saturated rings. The summed E-state index contributed by atoms with van der Waals surface area (Å²) in [6, 6.07) is 2.35. The Balaban J connectivity index is 1.94. The highest BCUT2D eigenvalue weighted by atomic mass is 32.1. The van der Waals surface area contributed by atoms with E-state index in [0.717, 1.165) is 5.57 Å². The number of carbonyl (C=O) groups excluding carboxylic acids is 1. The van der Waals surface area contributed by atoms with Crippen LogP contribution < -0.4 is 0 Å². The normalized spacial score (nSPS) is 27.6. The molecule has 3 aliphatic rings. The molecule has 0 spiro atoms. The summed E-state index contributed by atoms with van der Waals surface area (Å²) < 4.78 is 23.8. The van der Waals surface area contributed by atoms with Crippen molar-refractivity contribution in [2.45, 2.75) is 31.2 Å². The molecule has 0 N–H and O–H groups in total. The Kier molecular flexibility index (Phi) is 6.07. The molecule has 2 bridgehead atoms. The number of hydrogen-bond acceptors (Lipinski definition) is 9. The summed E-state index contributed by atoms with van der Waals surface area (Å²) in [6.45, 7) is 0. The smallest absolute Gasteiger partial charge is 0.305 e. The van der Waals surface area contributed by atoms with Crippen molar-refractivity contribution in [3.63, 3.8) is 0 Å². The van der Waals surface area contributed by atoms with Gasteiger partial charge in [0.1, 0.15) is 12.7 Å². The number of nitrogens with zero attached hydrogens (tertiary/aromatic N) is 4. The first kappa shape index (κ1) is 20.4. The highest BCUT2D eigenvalue weighted by molar-refractivity contribution is 7.80. The first-order chi connectivity index (χ1) is 13.5. The molecule has 150 valence electrons. The highest BCUT2D eigenvalue weighted by Gasteiger charge is 2.61. The molecule has 1 aromatic rings. The van der Waals surface area contributed by atoms with Gasteiger partial charge in [0.2, 0.25) is 5.79 Å². The van der Waals surface area contributed by atoms with E-state index in [-0.39, 0.29) is 35.3 Å². The van der Waals surface area contributed by atoms with Crippen LogP contribution in [-0.2, 0) is 23.7 Å². The number of ether oxygens (including phenoxy) is 4. The third-order valence-electron chi connectivity index (χ3n) is 5.52. The van der Waals surface area contributed by atoms with Gasteiger partial charge < -0.3 is 18.9 Å². The van der Waals surface area contributed by atoms with Crippen LogP contribution in [0.3, 0.4) is 0 Å². The van der Waals surface area contributed by atoms with Gasteiger partial charge in [-0.15, -0.1) is 0 Å². The molecule has 9 nitrogen and oxygen atoms in total. The van der Waals surface area contributed by atoms with Gasteiger partial charge in [-0.2, -0.15) is 15.0 Å². The molecular formula is C18H22N4O5S. The minimum Gasteiger partial charge on any atom is -0.469 e. The molecule has 0 saturated heterocycles. The number of rotatable bonds is 6. The number of carbonyl (C=O) groups is 1. The minimum absolute atomic E-state index is 0.0923. The quantitative estimate of drug-likeness (QED) is 0.300. The van der Waals surface area contributed by atoms with Gasteiger partial charge in [0.15, 0.2) is 6.10 Å². The van der Waals surface area contributed by atoms with Gasteiger partial charge in [0, 0.05) is 32.5 Å². The zero-order chi connectivity index (χ0) is 20.3. The van der Waals surface area contributed by atoms with Crippen LogP contribution in [0.2, 0.25) is 0 Å². The largest absolute Gasteiger partial charge is 0.469 e. The number of esters is 1. The van der Waals surface area contributed by atoms with Crippen molar-refractivity contribution in [2.75, 3.05) is 21.3 Å². The van der Waals surface area contributed by atoms with Crippen LogP contribution in [0.5, 0.6) is 0 Å². The summed E-state index contributed by atoms with van der Waals surface area (Å²) in [5.74, 6) is -2.29. The molecule has 3 unspecified atom stereocenters. The van der Waals surface area contributed by atoms with Crippen molar-refractivity contribution in [1.29, 1.82) is 5.26 Å². The second-order valence-electron chi connectivity index (χ2n) is 6.69. The third kappa shape index (κ3) is 3.41. The van der Waals surface area contributed by atoms with E-state index < -0.39 is 11.9 Å². The van der Waals surface area contributed by atoms with Crippen molar-refractivity contribution < 1.29 is 23.7 Å². The monoisotopic (exact) mass is 406 g/mol. The van der Waals surface area contributed by atoms with Gasteiger partial charge in [-0.1, -0.05) is 11.6 Å². The van der Waals surface area contributed by atoms with E-state index in [2.05, 4.69) is 16.2 Å². The van der Waals surface area contributed by atoms with E-state index in [9.17, 15) is 10.1 Å². The lowest BCUT2D eigenvalue weighted by atomic mass is 9.60.